The first-order chi connectivity index (χ1) is 17.4. The lowest BCUT2D eigenvalue weighted by Crippen LogP contribution is -2.58. The Bertz CT molecular complexity index is 1420. The summed E-state index contributed by atoms with van der Waals surface area (Å²) in [5.74, 6) is -1.12. The van der Waals surface area contributed by atoms with Gasteiger partial charge in [-0.05, 0) is 62.6 Å². The highest BCUT2D eigenvalue weighted by atomic mass is 35.5. The molecule has 1 fully saturated rings. The van der Waals surface area contributed by atoms with Gasteiger partial charge in [0.1, 0.15) is 11.6 Å². The molecule has 4 rings (SSSR count). The molecule has 1 aromatic heterocycles. The largest absolute Gasteiger partial charge is 0.480 e. The Balaban J connectivity index is 1.53. The number of hydrogen-bond donors (Lipinski definition) is 2. The number of rotatable bonds is 8. The molecule has 0 saturated carbocycles. The highest BCUT2D eigenvalue weighted by Crippen LogP contribution is 2.36. The predicted molar refractivity (Wildman–Crippen MR) is 136 cm³/mol. The molecule has 0 bridgehead atoms. The summed E-state index contributed by atoms with van der Waals surface area (Å²) in [6.07, 6.45) is 0.625. The van der Waals surface area contributed by atoms with Crippen LogP contribution >= 0.6 is 23.2 Å². The molecule has 10 nitrogen and oxygen atoms in total. The maximum Gasteiger partial charge on any atom is 0.326 e. The van der Waals surface area contributed by atoms with E-state index in [1.165, 1.54) is 25.1 Å². The zero-order chi connectivity index (χ0) is 27.0. The van der Waals surface area contributed by atoms with Crippen molar-refractivity contribution >= 4 is 45.1 Å². The molecule has 1 aliphatic heterocycles. The van der Waals surface area contributed by atoms with Crippen LogP contribution in [0.3, 0.4) is 0 Å². The Morgan fingerprint density at radius 1 is 1.19 bits per heavy atom. The molecule has 13 heteroatoms. The minimum atomic E-state index is -4.14. The highest BCUT2D eigenvalue weighted by Gasteiger charge is 2.50. The second-order valence-electron chi connectivity index (χ2n) is 8.97. The van der Waals surface area contributed by atoms with Crippen molar-refractivity contribution in [3.05, 3.63) is 63.9 Å². The van der Waals surface area contributed by atoms with Gasteiger partial charge in [0, 0.05) is 28.6 Å². The molecule has 0 radical (unpaired) electrons. The number of carboxylic acid groups (broad SMARTS) is 1. The van der Waals surface area contributed by atoms with Gasteiger partial charge in [0.25, 0.3) is 5.89 Å². The van der Waals surface area contributed by atoms with Gasteiger partial charge in [-0.15, -0.1) is 0 Å². The molecule has 3 aromatic rings. The fourth-order valence-electron chi connectivity index (χ4n) is 4.30. The van der Waals surface area contributed by atoms with E-state index in [-0.39, 0.29) is 34.3 Å². The molecule has 37 heavy (non-hydrogen) atoms. The minimum Gasteiger partial charge on any atom is -0.480 e. The van der Waals surface area contributed by atoms with Gasteiger partial charge in [-0.3, -0.25) is 4.79 Å². The van der Waals surface area contributed by atoms with Crippen molar-refractivity contribution < 1.29 is 27.6 Å². The number of amides is 1. The van der Waals surface area contributed by atoms with Crippen LogP contribution in [0.1, 0.15) is 31.2 Å². The van der Waals surface area contributed by atoms with Crippen LogP contribution in [0.2, 0.25) is 10.0 Å². The van der Waals surface area contributed by atoms with E-state index in [0.717, 1.165) is 4.31 Å². The van der Waals surface area contributed by atoms with Crippen LogP contribution in [-0.4, -0.2) is 58.0 Å². The molecular formula is C24H24Cl2N4O6S. The number of aryl methyl sites for hydroxylation is 1. The van der Waals surface area contributed by atoms with Crippen molar-refractivity contribution in [2.75, 3.05) is 6.54 Å². The smallest absolute Gasteiger partial charge is 0.326 e. The van der Waals surface area contributed by atoms with Crippen LogP contribution in [0.5, 0.6) is 0 Å². The monoisotopic (exact) mass is 566 g/mol. The van der Waals surface area contributed by atoms with Crippen molar-refractivity contribution in [3.8, 4) is 11.5 Å². The number of nitrogens with one attached hydrogen (secondary N) is 1. The molecule has 1 unspecified atom stereocenters. The number of benzene rings is 2. The van der Waals surface area contributed by atoms with Crippen molar-refractivity contribution in [3.63, 3.8) is 0 Å². The summed E-state index contributed by atoms with van der Waals surface area (Å²) in [4.78, 5) is 29.4. The average molecular weight is 567 g/mol. The zero-order valence-electron chi connectivity index (χ0n) is 19.9. The third-order valence-electron chi connectivity index (χ3n) is 6.26. The van der Waals surface area contributed by atoms with Crippen molar-refractivity contribution in [2.45, 2.75) is 49.6 Å². The molecule has 2 heterocycles. The quantitative estimate of drug-likeness (QED) is 0.420. The predicted octanol–water partition coefficient (Wildman–Crippen LogP) is 3.71. The first kappa shape index (κ1) is 27.1. The lowest BCUT2D eigenvalue weighted by Gasteiger charge is -2.34. The third-order valence-corrected chi connectivity index (χ3v) is 8.69. The minimum absolute atomic E-state index is 0.0169. The average Bonchev–Trinajstić information content (AvgIpc) is 3.45. The maximum atomic E-state index is 13.4. The SMILES string of the molecule is Cc1noc(-c2ccc(CC(NC(=O)[C@]3(C)CCCN3S(=O)(=O)c3cc(Cl)cc(Cl)c3)C(=O)O)cc2)n1. The summed E-state index contributed by atoms with van der Waals surface area (Å²) in [6.45, 7) is 3.27. The van der Waals surface area contributed by atoms with Crippen LogP contribution in [0.25, 0.3) is 11.5 Å². The highest BCUT2D eigenvalue weighted by molar-refractivity contribution is 7.89. The number of carbonyl (C=O) groups is 2. The van der Waals surface area contributed by atoms with E-state index in [2.05, 4.69) is 15.5 Å². The van der Waals surface area contributed by atoms with Gasteiger partial charge >= 0.3 is 5.97 Å². The van der Waals surface area contributed by atoms with Gasteiger partial charge < -0.3 is 14.9 Å². The molecule has 2 N–H and O–H groups in total. The van der Waals surface area contributed by atoms with Gasteiger partial charge in [0.15, 0.2) is 5.82 Å². The van der Waals surface area contributed by atoms with E-state index in [1.54, 1.807) is 31.2 Å². The molecule has 0 aliphatic carbocycles. The summed E-state index contributed by atoms with van der Waals surface area (Å²) < 4.78 is 33.0. The number of carboxylic acids is 1. The normalized spacial score (nSPS) is 19.0. The van der Waals surface area contributed by atoms with Crippen LogP contribution in [0.4, 0.5) is 0 Å². The Labute approximate surface area is 223 Å². The van der Waals surface area contributed by atoms with E-state index in [0.29, 0.717) is 29.3 Å². The molecular weight excluding hydrogens is 543 g/mol. The summed E-state index contributed by atoms with van der Waals surface area (Å²) in [6, 6.07) is 9.48. The Hall–Kier alpha value is -2.99. The molecule has 1 saturated heterocycles. The molecule has 2 atom stereocenters. The number of aromatic nitrogens is 2. The van der Waals surface area contributed by atoms with E-state index in [1.807, 2.05) is 0 Å². The van der Waals surface area contributed by atoms with Crippen LogP contribution in [-0.2, 0) is 26.0 Å². The van der Waals surface area contributed by atoms with Gasteiger partial charge in [-0.25, -0.2) is 13.2 Å². The number of halogens is 2. The molecule has 1 amide bonds. The number of sulfonamides is 1. The fourth-order valence-corrected chi connectivity index (χ4v) is 6.84. The summed E-state index contributed by atoms with van der Waals surface area (Å²) in [5, 5.41) is 16.4. The molecule has 0 spiro atoms. The summed E-state index contributed by atoms with van der Waals surface area (Å²) >= 11 is 12.0. The van der Waals surface area contributed by atoms with Gasteiger partial charge in [0.2, 0.25) is 15.9 Å². The number of carbonyl (C=O) groups excluding carboxylic acids is 1. The summed E-state index contributed by atoms with van der Waals surface area (Å²) in [7, 11) is -4.14. The van der Waals surface area contributed by atoms with Crippen LogP contribution in [0, 0.1) is 6.92 Å². The fraction of sp³-hybridized carbons (Fsp3) is 0.333. The lowest BCUT2D eigenvalue weighted by atomic mass is 9.97. The molecule has 196 valence electrons. The third kappa shape index (κ3) is 5.64. The van der Waals surface area contributed by atoms with Crippen LogP contribution in [0.15, 0.2) is 51.9 Å². The van der Waals surface area contributed by atoms with Crippen LogP contribution < -0.4 is 5.32 Å². The Morgan fingerprint density at radius 3 is 2.41 bits per heavy atom. The Kier molecular flexibility index (Phi) is 7.61. The van der Waals surface area contributed by atoms with E-state index in [9.17, 15) is 23.1 Å². The van der Waals surface area contributed by atoms with E-state index in [4.69, 9.17) is 27.7 Å². The molecule has 1 aliphatic rings. The maximum absolute atomic E-state index is 13.4. The Morgan fingerprint density at radius 2 is 1.84 bits per heavy atom. The second-order valence-corrected chi connectivity index (χ2v) is 11.7. The standard InChI is InChI=1S/C24H24Cl2N4O6S/c1-14-27-21(36-29-14)16-6-4-15(5-7-16)10-20(22(31)32)28-23(33)24(2)8-3-9-30(24)37(34,35)19-12-17(25)11-18(26)13-19/h4-7,11-13,20H,3,8-10H2,1-2H3,(H,28,33)(H,31,32)/t20?,24-/m0/s1. The van der Waals surface area contributed by atoms with Gasteiger partial charge in [0.05, 0.1) is 4.90 Å². The van der Waals surface area contributed by atoms with Crippen molar-refractivity contribution in [2.24, 2.45) is 0 Å². The number of hydrogen-bond acceptors (Lipinski definition) is 7. The molecule has 2 aromatic carbocycles. The van der Waals surface area contributed by atoms with E-state index < -0.39 is 33.5 Å². The van der Waals surface area contributed by atoms with E-state index >= 15 is 0 Å². The lowest BCUT2D eigenvalue weighted by molar-refractivity contribution is -0.143. The second kappa shape index (κ2) is 10.4. The van der Waals surface area contributed by atoms with Gasteiger partial charge in [-0.2, -0.15) is 9.29 Å². The van der Waals surface area contributed by atoms with Crippen molar-refractivity contribution in [1.29, 1.82) is 0 Å². The first-order valence-electron chi connectivity index (χ1n) is 11.3. The number of aliphatic carboxylic acids is 1. The summed E-state index contributed by atoms with van der Waals surface area (Å²) in [5.41, 5.74) is -0.191. The van der Waals surface area contributed by atoms with Crippen molar-refractivity contribution in [1.82, 2.24) is 19.8 Å². The topological polar surface area (TPSA) is 143 Å². The zero-order valence-corrected chi connectivity index (χ0v) is 22.3. The van der Waals surface area contributed by atoms with Gasteiger partial charge in [-0.1, -0.05) is 40.5 Å². The number of nitrogens with zero attached hydrogens (tertiary/aromatic N) is 3. The first-order valence-corrected chi connectivity index (χ1v) is 13.5.